The first-order valence-corrected chi connectivity index (χ1v) is 5.48. The highest BCUT2D eigenvalue weighted by Crippen LogP contribution is 2.21. The molecular formula is C9H7N5O3S. The van der Waals surface area contributed by atoms with Crippen LogP contribution in [-0.2, 0) is 0 Å². The van der Waals surface area contributed by atoms with Crippen LogP contribution in [0.1, 0.15) is 10.5 Å². The average Bonchev–Trinajstić information content (AvgIpc) is 2.28. The number of aromatic carboxylic acids is 1. The maximum absolute atomic E-state index is 11.1. The summed E-state index contributed by atoms with van der Waals surface area (Å²) in [6.45, 7) is 0. The number of carboxylic acid groups (broad SMARTS) is 1. The molecule has 0 radical (unpaired) electrons. The molecule has 0 amide bonds. The Balaban J connectivity index is 2.23. The lowest BCUT2D eigenvalue weighted by Gasteiger charge is -2.00. The van der Waals surface area contributed by atoms with Gasteiger partial charge in [-0.05, 0) is 23.9 Å². The molecule has 9 heteroatoms. The highest BCUT2D eigenvalue weighted by Gasteiger charge is 2.07. The molecular weight excluding hydrogens is 258 g/mol. The summed E-state index contributed by atoms with van der Waals surface area (Å²) in [4.78, 5) is 28.1. The average molecular weight is 265 g/mol. The number of hydrogen-bond acceptors (Lipinski definition) is 7. The number of carbonyl (C=O) groups is 1. The quantitative estimate of drug-likeness (QED) is 0.659. The molecule has 0 saturated carbocycles. The molecule has 92 valence electrons. The van der Waals surface area contributed by atoms with Crippen molar-refractivity contribution in [2.24, 2.45) is 0 Å². The number of aromatic amines is 1. The Labute approximate surface area is 104 Å². The predicted molar refractivity (Wildman–Crippen MR) is 62.4 cm³/mol. The molecule has 0 aromatic carbocycles. The minimum Gasteiger partial charge on any atom is -0.476 e. The minimum atomic E-state index is -1.16. The standard InChI is InChI=1S/C9H7N5O3S/c10-5-3-6(15)12-9(11-5)18-7-2-1-4(8(16)17)13-14-7/h1-3H,(H,16,17)(H3,10,11,12,15). The van der Waals surface area contributed by atoms with Gasteiger partial charge in [0.25, 0.3) is 5.56 Å². The van der Waals surface area contributed by atoms with E-state index in [2.05, 4.69) is 20.2 Å². The van der Waals surface area contributed by atoms with Crippen molar-refractivity contribution >= 4 is 23.5 Å². The second-order valence-electron chi connectivity index (χ2n) is 3.14. The first-order chi connectivity index (χ1) is 8.54. The van der Waals surface area contributed by atoms with Crippen molar-refractivity contribution in [1.82, 2.24) is 20.2 Å². The summed E-state index contributed by atoms with van der Waals surface area (Å²) < 4.78 is 0. The number of H-pyrrole nitrogens is 1. The Kier molecular flexibility index (Phi) is 3.24. The third-order valence-corrected chi connectivity index (χ3v) is 2.61. The summed E-state index contributed by atoms with van der Waals surface area (Å²) in [7, 11) is 0. The predicted octanol–water partition coefficient (Wildman–Crippen LogP) is -0.00850. The first kappa shape index (κ1) is 12.0. The van der Waals surface area contributed by atoms with Gasteiger partial charge in [-0.25, -0.2) is 9.78 Å². The van der Waals surface area contributed by atoms with Crippen LogP contribution in [-0.4, -0.2) is 31.2 Å². The van der Waals surface area contributed by atoms with Gasteiger partial charge in [-0.1, -0.05) is 0 Å². The van der Waals surface area contributed by atoms with Crippen LogP contribution in [0.5, 0.6) is 0 Å². The van der Waals surface area contributed by atoms with Gasteiger partial charge in [-0.2, -0.15) is 0 Å². The number of nitrogens with one attached hydrogen (secondary N) is 1. The summed E-state index contributed by atoms with van der Waals surface area (Å²) in [6.07, 6.45) is 0. The van der Waals surface area contributed by atoms with E-state index in [-0.39, 0.29) is 22.2 Å². The zero-order chi connectivity index (χ0) is 13.1. The lowest BCUT2D eigenvalue weighted by molar-refractivity contribution is 0.0689. The topological polar surface area (TPSA) is 135 Å². The molecule has 0 bridgehead atoms. The molecule has 4 N–H and O–H groups in total. The molecule has 0 saturated heterocycles. The Hall–Kier alpha value is -2.42. The Morgan fingerprint density at radius 3 is 2.72 bits per heavy atom. The fraction of sp³-hybridized carbons (Fsp3) is 0. The molecule has 2 aromatic heterocycles. The van der Waals surface area contributed by atoms with Gasteiger partial charge in [0.05, 0.1) is 0 Å². The van der Waals surface area contributed by atoms with E-state index in [4.69, 9.17) is 10.8 Å². The Morgan fingerprint density at radius 1 is 1.39 bits per heavy atom. The van der Waals surface area contributed by atoms with Crippen molar-refractivity contribution in [3.8, 4) is 0 Å². The van der Waals surface area contributed by atoms with E-state index in [1.807, 2.05) is 0 Å². The van der Waals surface area contributed by atoms with Crippen molar-refractivity contribution in [3.05, 3.63) is 34.2 Å². The molecule has 0 unspecified atom stereocenters. The first-order valence-electron chi connectivity index (χ1n) is 4.66. The zero-order valence-corrected chi connectivity index (χ0v) is 9.64. The number of nitrogens with zero attached hydrogens (tertiary/aromatic N) is 3. The number of hydrogen-bond donors (Lipinski definition) is 3. The fourth-order valence-electron chi connectivity index (χ4n) is 1.09. The van der Waals surface area contributed by atoms with Crippen molar-refractivity contribution in [3.63, 3.8) is 0 Å². The van der Waals surface area contributed by atoms with Crippen LogP contribution in [0.4, 0.5) is 5.82 Å². The fourth-order valence-corrected chi connectivity index (χ4v) is 1.81. The van der Waals surface area contributed by atoms with Gasteiger partial charge in [-0.3, -0.25) is 4.79 Å². The summed E-state index contributed by atoms with van der Waals surface area (Å²) in [6, 6.07) is 3.93. The number of aromatic nitrogens is 4. The maximum Gasteiger partial charge on any atom is 0.356 e. The molecule has 2 rings (SSSR count). The van der Waals surface area contributed by atoms with E-state index in [1.165, 1.54) is 12.1 Å². The van der Waals surface area contributed by atoms with Crippen molar-refractivity contribution < 1.29 is 9.90 Å². The largest absolute Gasteiger partial charge is 0.476 e. The van der Waals surface area contributed by atoms with Crippen molar-refractivity contribution in [2.45, 2.75) is 10.2 Å². The van der Waals surface area contributed by atoms with Gasteiger partial charge in [0.15, 0.2) is 10.9 Å². The molecule has 0 atom stereocenters. The SMILES string of the molecule is Nc1cc(=O)[nH]c(Sc2ccc(C(=O)O)nn2)n1. The van der Waals surface area contributed by atoms with E-state index in [9.17, 15) is 9.59 Å². The van der Waals surface area contributed by atoms with E-state index in [0.717, 1.165) is 17.8 Å². The van der Waals surface area contributed by atoms with Crippen LogP contribution in [0.25, 0.3) is 0 Å². The number of nitrogens with two attached hydrogens (primary N) is 1. The molecule has 0 fully saturated rings. The monoisotopic (exact) mass is 265 g/mol. The molecule has 0 aliphatic carbocycles. The van der Waals surface area contributed by atoms with Crippen LogP contribution in [0, 0.1) is 0 Å². The van der Waals surface area contributed by atoms with E-state index < -0.39 is 5.97 Å². The lowest BCUT2D eigenvalue weighted by Crippen LogP contribution is -2.09. The summed E-state index contributed by atoms with van der Waals surface area (Å²) in [5, 5.41) is 16.5. The molecule has 0 spiro atoms. The number of carboxylic acids is 1. The highest BCUT2D eigenvalue weighted by molar-refractivity contribution is 7.99. The Morgan fingerprint density at radius 2 is 2.17 bits per heavy atom. The van der Waals surface area contributed by atoms with Crippen LogP contribution in [0.15, 0.2) is 33.2 Å². The molecule has 2 aromatic rings. The molecule has 2 heterocycles. The van der Waals surface area contributed by atoms with E-state index in [1.54, 1.807) is 0 Å². The molecule has 0 aliphatic heterocycles. The van der Waals surface area contributed by atoms with Gasteiger partial charge < -0.3 is 15.8 Å². The van der Waals surface area contributed by atoms with Gasteiger partial charge >= 0.3 is 5.97 Å². The van der Waals surface area contributed by atoms with Crippen LogP contribution < -0.4 is 11.3 Å². The van der Waals surface area contributed by atoms with Crippen LogP contribution in [0.2, 0.25) is 0 Å². The van der Waals surface area contributed by atoms with Crippen molar-refractivity contribution in [2.75, 3.05) is 5.73 Å². The molecule has 0 aliphatic rings. The third kappa shape index (κ3) is 2.83. The molecule has 8 nitrogen and oxygen atoms in total. The maximum atomic E-state index is 11.1. The molecule has 18 heavy (non-hydrogen) atoms. The minimum absolute atomic E-state index is 0.0939. The summed E-state index contributed by atoms with van der Waals surface area (Å²) in [5.74, 6) is -1.06. The second kappa shape index (κ2) is 4.84. The van der Waals surface area contributed by atoms with E-state index >= 15 is 0 Å². The van der Waals surface area contributed by atoms with Gasteiger partial charge in [0, 0.05) is 6.07 Å². The van der Waals surface area contributed by atoms with Gasteiger partial charge in [0.2, 0.25) is 0 Å². The number of nitrogen functional groups attached to an aromatic ring is 1. The Bertz CT molecular complexity index is 639. The smallest absolute Gasteiger partial charge is 0.356 e. The van der Waals surface area contributed by atoms with Gasteiger partial charge in [0.1, 0.15) is 10.8 Å². The number of anilines is 1. The lowest BCUT2D eigenvalue weighted by atomic mass is 10.4. The normalized spacial score (nSPS) is 10.2. The van der Waals surface area contributed by atoms with Crippen LogP contribution in [0.3, 0.4) is 0 Å². The van der Waals surface area contributed by atoms with E-state index in [0.29, 0.717) is 5.03 Å². The number of rotatable bonds is 3. The third-order valence-electron chi connectivity index (χ3n) is 1.80. The second-order valence-corrected chi connectivity index (χ2v) is 4.15. The highest BCUT2D eigenvalue weighted by atomic mass is 32.2. The van der Waals surface area contributed by atoms with Gasteiger partial charge in [-0.15, -0.1) is 10.2 Å². The summed E-state index contributed by atoms with van der Waals surface area (Å²) >= 11 is 1.02. The van der Waals surface area contributed by atoms with Crippen LogP contribution >= 0.6 is 11.8 Å². The van der Waals surface area contributed by atoms with Crippen molar-refractivity contribution in [1.29, 1.82) is 0 Å². The summed E-state index contributed by atoms with van der Waals surface area (Å²) in [5.41, 5.74) is 4.88. The zero-order valence-electron chi connectivity index (χ0n) is 8.82.